The number of hydrogen-bond donors (Lipinski definition) is 1. The molecule has 0 spiro atoms. The molecule has 1 unspecified atom stereocenters. The van der Waals surface area contributed by atoms with E-state index in [0.29, 0.717) is 11.6 Å². The summed E-state index contributed by atoms with van der Waals surface area (Å²) in [6, 6.07) is 8.25. The predicted octanol–water partition coefficient (Wildman–Crippen LogP) is 4.47. The maximum Gasteiger partial charge on any atom is 0.0992 e. The van der Waals surface area contributed by atoms with Crippen molar-refractivity contribution in [2.75, 3.05) is 11.9 Å². The van der Waals surface area contributed by atoms with E-state index in [0.717, 1.165) is 42.5 Å². The van der Waals surface area contributed by atoms with Crippen molar-refractivity contribution in [1.29, 1.82) is 5.26 Å². The maximum absolute atomic E-state index is 8.90. The quantitative estimate of drug-likeness (QED) is 0.882. The van der Waals surface area contributed by atoms with Crippen molar-refractivity contribution in [3.05, 3.63) is 28.2 Å². The van der Waals surface area contributed by atoms with Crippen LogP contribution in [0.25, 0.3) is 0 Å². The Morgan fingerprint density at radius 2 is 2.20 bits per heavy atom. The second-order valence-corrected chi connectivity index (χ2v) is 6.23. The third-order valence-corrected chi connectivity index (χ3v) is 4.90. The first-order chi connectivity index (χ1) is 9.62. The lowest BCUT2D eigenvalue weighted by molar-refractivity contribution is -0.0864. The minimum atomic E-state index is 0.0228. The summed E-state index contributed by atoms with van der Waals surface area (Å²) >= 11 is 3.53. The van der Waals surface area contributed by atoms with Crippen molar-refractivity contribution in [2.45, 2.75) is 51.2 Å². The lowest BCUT2D eigenvalue weighted by Crippen LogP contribution is -2.43. The van der Waals surface area contributed by atoms with Gasteiger partial charge in [-0.1, -0.05) is 13.8 Å². The van der Waals surface area contributed by atoms with Crippen LogP contribution in [0.2, 0.25) is 0 Å². The lowest BCUT2D eigenvalue weighted by atomic mass is 9.86. The van der Waals surface area contributed by atoms with Crippen LogP contribution < -0.4 is 5.32 Å². The van der Waals surface area contributed by atoms with Crippen LogP contribution in [0.15, 0.2) is 22.7 Å². The summed E-state index contributed by atoms with van der Waals surface area (Å²) in [5.41, 5.74) is 1.75. The summed E-state index contributed by atoms with van der Waals surface area (Å²) in [4.78, 5) is 0. The van der Waals surface area contributed by atoms with Gasteiger partial charge in [-0.3, -0.25) is 0 Å². The zero-order valence-electron chi connectivity index (χ0n) is 12.1. The summed E-state index contributed by atoms with van der Waals surface area (Å²) < 4.78 is 6.95. The molecule has 1 heterocycles. The summed E-state index contributed by atoms with van der Waals surface area (Å²) in [6.07, 6.45) is 4.16. The number of nitrogens with zero attached hydrogens (tertiary/aromatic N) is 1. The number of nitrogens with one attached hydrogen (secondary N) is 1. The van der Waals surface area contributed by atoms with Crippen LogP contribution >= 0.6 is 15.9 Å². The highest BCUT2D eigenvalue weighted by Crippen LogP contribution is 2.34. The molecule has 108 valence electrons. The van der Waals surface area contributed by atoms with Gasteiger partial charge in [-0.05, 0) is 59.8 Å². The van der Waals surface area contributed by atoms with Crippen LogP contribution in [0.1, 0.15) is 45.1 Å². The van der Waals surface area contributed by atoms with E-state index in [1.54, 1.807) is 0 Å². The molecule has 1 saturated heterocycles. The van der Waals surface area contributed by atoms with E-state index in [1.807, 2.05) is 18.2 Å². The number of rotatable bonds is 4. The van der Waals surface area contributed by atoms with Crippen LogP contribution in [0.4, 0.5) is 5.69 Å². The lowest BCUT2D eigenvalue weighted by Gasteiger charge is -2.40. The van der Waals surface area contributed by atoms with Gasteiger partial charge in [0, 0.05) is 22.8 Å². The molecular weight excluding hydrogens is 316 g/mol. The van der Waals surface area contributed by atoms with Crippen LogP contribution in [0.3, 0.4) is 0 Å². The second-order valence-electron chi connectivity index (χ2n) is 5.38. The molecule has 1 N–H and O–H groups in total. The van der Waals surface area contributed by atoms with Gasteiger partial charge in [0.1, 0.15) is 0 Å². The molecule has 0 bridgehead atoms. The van der Waals surface area contributed by atoms with E-state index >= 15 is 0 Å². The fraction of sp³-hybridized carbons (Fsp3) is 0.562. The number of ether oxygens (including phenoxy) is 1. The van der Waals surface area contributed by atoms with E-state index in [9.17, 15) is 0 Å². The van der Waals surface area contributed by atoms with Crippen LogP contribution in [0, 0.1) is 11.3 Å². The Morgan fingerprint density at radius 3 is 2.80 bits per heavy atom. The Bertz CT molecular complexity index is 506. The van der Waals surface area contributed by atoms with Crippen LogP contribution in [-0.2, 0) is 4.74 Å². The van der Waals surface area contributed by atoms with Gasteiger partial charge in [0.2, 0.25) is 0 Å². The molecule has 0 amide bonds. The summed E-state index contributed by atoms with van der Waals surface area (Å²) in [7, 11) is 0. The molecule has 0 aromatic heterocycles. The average Bonchev–Trinajstić information content (AvgIpc) is 2.49. The number of halogens is 1. The fourth-order valence-electron chi connectivity index (χ4n) is 2.82. The van der Waals surface area contributed by atoms with Crippen LogP contribution in [0.5, 0.6) is 0 Å². The molecule has 20 heavy (non-hydrogen) atoms. The Kier molecular flexibility index (Phi) is 5.06. The molecule has 0 aliphatic carbocycles. The minimum Gasteiger partial charge on any atom is -0.381 e. The van der Waals surface area contributed by atoms with E-state index < -0.39 is 0 Å². The summed E-state index contributed by atoms with van der Waals surface area (Å²) in [5, 5.41) is 12.5. The molecule has 0 radical (unpaired) electrons. The molecule has 1 atom stereocenters. The SMILES string of the molecule is CCC1(CC)CC(Nc2ccc(C#N)cc2Br)CCO1. The van der Waals surface area contributed by atoms with Gasteiger partial charge in [-0.25, -0.2) is 0 Å². The van der Waals surface area contributed by atoms with Crippen molar-refractivity contribution in [3.63, 3.8) is 0 Å². The summed E-state index contributed by atoms with van der Waals surface area (Å²) in [6.45, 7) is 5.21. The maximum atomic E-state index is 8.90. The van der Waals surface area contributed by atoms with Crippen molar-refractivity contribution in [1.82, 2.24) is 0 Å². The molecule has 3 nitrogen and oxygen atoms in total. The molecule has 0 saturated carbocycles. The molecule has 1 fully saturated rings. The monoisotopic (exact) mass is 336 g/mol. The molecule has 1 aliphatic rings. The topological polar surface area (TPSA) is 45.0 Å². The van der Waals surface area contributed by atoms with Crippen molar-refractivity contribution < 1.29 is 4.74 Å². The Hall–Kier alpha value is -1.05. The Balaban J connectivity index is 2.08. The van der Waals surface area contributed by atoms with Gasteiger partial charge in [0.05, 0.1) is 17.2 Å². The highest BCUT2D eigenvalue weighted by atomic mass is 79.9. The summed E-state index contributed by atoms with van der Waals surface area (Å²) in [5.74, 6) is 0. The standard InChI is InChI=1S/C16H21BrN2O/c1-3-16(4-2)10-13(7-8-20-16)19-15-6-5-12(11-18)9-14(15)17/h5-6,9,13,19H,3-4,7-8,10H2,1-2H3. The number of benzene rings is 1. The zero-order valence-corrected chi connectivity index (χ0v) is 13.7. The zero-order chi connectivity index (χ0) is 14.6. The number of hydrogen-bond acceptors (Lipinski definition) is 3. The highest BCUT2D eigenvalue weighted by molar-refractivity contribution is 9.10. The van der Waals surface area contributed by atoms with Gasteiger partial charge < -0.3 is 10.1 Å². The van der Waals surface area contributed by atoms with Crippen molar-refractivity contribution in [2.24, 2.45) is 0 Å². The first-order valence-corrected chi connectivity index (χ1v) is 8.02. The van der Waals surface area contributed by atoms with E-state index in [4.69, 9.17) is 10.00 Å². The number of nitriles is 1. The smallest absolute Gasteiger partial charge is 0.0992 e. The normalized spacial score (nSPS) is 21.2. The average molecular weight is 337 g/mol. The molecule has 1 aliphatic heterocycles. The van der Waals surface area contributed by atoms with Gasteiger partial charge >= 0.3 is 0 Å². The van der Waals surface area contributed by atoms with Crippen molar-refractivity contribution in [3.8, 4) is 6.07 Å². The largest absolute Gasteiger partial charge is 0.381 e. The van der Waals surface area contributed by atoms with Gasteiger partial charge in [-0.15, -0.1) is 0 Å². The minimum absolute atomic E-state index is 0.0228. The van der Waals surface area contributed by atoms with Gasteiger partial charge in [0.25, 0.3) is 0 Å². The second kappa shape index (κ2) is 6.60. The molecular formula is C16H21BrN2O. The van der Waals surface area contributed by atoms with Gasteiger partial charge in [0.15, 0.2) is 0 Å². The highest BCUT2D eigenvalue weighted by Gasteiger charge is 2.34. The Labute approximate surface area is 129 Å². The Morgan fingerprint density at radius 1 is 1.45 bits per heavy atom. The van der Waals surface area contributed by atoms with Gasteiger partial charge in [-0.2, -0.15) is 5.26 Å². The first kappa shape index (κ1) is 15.3. The van der Waals surface area contributed by atoms with Crippen LogP contribution in [-0.4, -0.2) is 18.2 Å². The third-order valence-electron chi connectivity index (χ3n) is 4.24. The molecule has 1 aromatic rings. The predicted molar refractivity (Wildman–Crippen MR) is 84.8 cm³/mol. The number of anilines is 1. The fourth-order valence-corrected chi connectivity index (χ4v) is 3.31. The van der Waals surface area contributed by atoms with Crippen molar-refractivity contribution >= 4 is 21.6 Å². The van der Waals surface area contributed by atoms with E-state index in [1.165, 1.54) is 0 Å². The molecule has 2 rings (SSSR count). The van der Waals surface area contributed by atoms with E-state index in [-0.39, 0.29) is 5.60 Å². The first-order valence-electron chi connectivity index (χ1n) is 7.22. The van der Waals surface area contributed by atoms with E-state index in [2.05, 4.69) is 41.2 Å². The molecule has 4 heteroatoms. The molecule has 1 aromatic carbocycles. The third kappa shape index (κ3) is 3.34.